The molecule has 0 aliphatic heterocycles. The van der Waals surface area contributed by atoms with E-state index >= 15 is 0 Å². The summed E-state index contributed by atoms with van der Waals surface area (Å²) in [5.74, 6) is 0.404. The molecule has 1 aromatic carbocycles. The fourth-order valence-corrected chi connectivity index (χ4v) is 1.87. The smallest absolute Gasteiger partial charge is 0.339 e. The van der Waals surface area contributed by atoms with Crippen LogP contribution < -0.4 is 0 Å². The SMILES string of the molecule is O=C(OCCC1CC1)c1cc(S)ccc1Cl. The van der Waals surface area contributed by atoms with Gasteiger partial charge in [0.2, 0.25) is 0 Å². The van der Waals surface area contributed by atoms with Crippen molar-refractivity contribution in [2.24, 2.45) is 5.92 Å². The van der Waals surface area contributed by atoms with Crippen LogP contribution in [0, 0.1) is 5.92 Å². The maximum atomic E-state index is 11.7. The molecule has 2 rings (SSSR count). The van der Waals surface area contributed by atoms with Gasteiger partial charge in [0.15, 0.2) is 0 Å². The van der Waals surface area contributed by atoms with E-state index in [1.54, 1.807) is 18.2 Å². The summed E-state index contributed by atoms with van der Waals surface area (Å²) in [4.78, 5) is 12.4. The number of ether oxygens (including phenoxy) is 1. The van der Waals surface area contributed by atoms with E-state index in [0.717, 1.165) is 12.3 Å². The van der Waals surface area contributed by atoms with Crippen molar-refractivity contribution < 1.29 is 9.53 Å². The molecule has 1 aliphatic rings. The van der Waals surface area contributed by atoms with Crippen LogP contribution >= 0.6 is 24.2 Å². The highest BCUT2D eigenvalue weighted by Crippen LogP contribution is 2.32. The Morgan fingerprint density at radius 3 is 2.94 bits per heavy atom. The minimum absolute atomic E-state index is 0.360. The zero-order chi connectivity index (χ0) is 11.5. The molecular formula is C12H13ClO2S. The van der Waals surface area contributed by atoms with Gasteiger partial charge in [0.1, 0.15) is 0 Å². The quantitative estimate of drug-likeness (QED) is 0.658. The summed E-state index contributed by atoms with van der Waals surface area (Å²) in [7, 11) is 0. The standard InChI is InChI=1S/C12H13ClO2S/c13-11-4-3-9(16)7-10(11)12(14)15-6-5-8-1-2-8/h3-4,7-8,16H,1-2,5-6H2. The summed E-state index contributed by atoms with van der Waals surface area (Å²) in [6, 6.07) is 5.03. The van der Waals surface area contributed by atoms with E-state index in [4.69, 9.17) is 16.3 Å². The van der Waals surface area contributed by atoms with E-state index in [1.807, 2.05) is 0 Å². The van der Waals surface area contributed by atoms with E-state index in [1.165, 1.54) is 12.8 Å². The van der Waals surface area contributed by atoms with Crippen LogP contribution in [-0.4, -0.2) is 12.6 Å². The molecule has 16 heavy (non-hydrogen) atoms. The second kappa shape index (κ2) is 5.11. The average molecular weight is 257 g/mol. The van der Waals surface area contributed by atoms with Gasteiger partial charge in [-0.25, -0.2) is 4.79 Å². The van der Waals surface area contributed by atoms with Gasteiger partial charge in [-0.1, -0.05) is 24.4 Å². The molecule has 0 N–H and O–H groups in total. The summed E-state index contributed by atoms with van der Waals surface area (Å²) in [5.41, 5.74) is 0.393. The topological polar surface area (TPSA) is 26.3 Å². The summed E-state index contributed by atoms with van der Waals surface area (Å²) in [6.45, 7) is 0.483. The number of rotatable bonds is 4. The highest BCUT2D eigenvalue weighted by atomic mass is 35.5. The second-order valence-electron chi connectivity index (χ2n) is 4.03. The fourth-order valence-electron chi connectivity index (χ4n) is 1.47. The molecule has 4 heteroatoms. The number of halogens is 1. The van der Waals surface area contributed by atoms with Crippen molar-refractivity contribution in [3.8, 4) is 0 Å². The maximum absolute atomic E-state index is 11.7. The monoisotopic (exact) mass is 256 g/mol. The Morgan fingerprint density at radius 2 is 2.25 bits per heavy atom. The van der Waals surface area contributed by atoms with E-state index < -0.39 is 0 Å². The van der Waals surface area contributed by atoms with Crippen molar-refractivity contribution in [1.29, 1.82) is 0 Å². The van der Waals surface area contributed by atoms with Crippen molar-refractivity contribution >= 4 is 30.2 Å². The first-order valence-corrected chi connectivity index (χ1v) is 6.15. The normalized spacial score (nSPS) is 14.9. The zero-order valence-electron chi connectivity index (χ0n) is 8.78. The molecule has 1 aromatic rings. The van der Waals surface area contributed by atoms with Crippen LogP contribution in [0.1, 0.15) is 29.6 Å². The summed E-state index contributed by atoms with van der Waals surface area (Å²) >= 11 is 10.1. The van der Waals surface area contributed by atoms with Gasteiger partial charge in [-0.05, 0) is 30.5 Å². The van der Waals surface area contributed by atoms with E-state index in [-0.39, 0.29) is 5.97 Å². The van der Waals surface area contributed by atoms with Crippen molar-refractivity contribution in [2.45, 2.75) is 24.2 Å². The fraction of sp³-hybridized carbons (Fsp3) is 0.417. The van der Waals surface area contributed by atoms with Gasteiger partial charge in [-0.2, -0.15) is 0 Å². The lowest BCUT2D eigenvalue weighted by atomic mass is 10.2. The van der Waals surface area contributed by atoms with Crippen LogP contribution in [0.2, 0.25) is 5.02 Å². The van der Waals surface area contributed by atoms with Gasteiger partial charge in [0.25, 0.3) is 0 Å². The van der Waals surface area contributed by atoms with Gasteiger partial charge >= 0.3 is 5.97 Å². The van der Waals surface area contributed by atoms with Crippen LogP contribution in [0.4, 0.5) is 0 Å². The number of carbonyl (C=O) groups is 1. The third kappa shape index (κ3) is 3.16. The Bertz CT molecular complexity index is 402. The van der Waals surface area contributed by atoms with Crippen LogP contribution in [0.3, 0.4) is 0 Å². The molecule has 1 fully saturated rings. The van der Waals surface area contributed by atoms with Gasteiger partial charge in [-0.3, -0.25) is 0 Å². The summed E-state index contributed by atoms with van der Waals surface area (Å²) < 4.78 is 5.16. The molecule has 0 bridgehead atoms. The molecule has 2 nitrogen and oxygen atoms in total. The summed E-state index contributed by atoms with van der Waals surface area (Å²) in [6.07, 6.45) is 3.50. The number of benzene rings is 1. The van der Waals surface area contributed by atoms with E-state index in [2.05, 4.69) is 12.6 Å². The van der Waals surface area contributed by atoms with Gasteiger partial charge in [0.05, 0.1) is 17.2 Å². The first-order chi connectivity index (χ1) is 7.66. The van der Waals surface area contributed by atoms with Gasteiger partial charge < -0.3 is 4.74 Å². The Morgan fingerprint density at radius 1 is 1.50 bits per heavy atom. The largest absolute Gasteiger partial charge is 0.462 e. The molecule has 1 saturated carbocycles. The molecule has 0 saturated heterocycles. The predicted molar refractivity (Wildman–Crippen MR) is 66.3 cm³/mol. The van der Waals surface area contributed by atoms with Crippen molar-refractivity contribution in [3.05, 3.63) is 28.8 Å². The molecule has 86 valence electrons. The summed E-state index contributed by atoms with van der Waals surface area (Å²) in [5, 5.41) is 0.411. The molecular weight excluding hydrogens is 244 g/mol. The Balaban J connectivity index is 1.93. The maximum Gasteiger partial charge on any atom is 0.339 e. The molecule has 0 spiro atoms. The lowest BCUT2D eigenvalue weighted by Crippen LogP contribution is -2.07. The molecule has 0 heterocycles. The van der Waals surface area contributed by atoms with E-state index in [9.17, 15) is 4.79 Å². The first kappa shape index (κ1) is 11.8. The number of esters is 1. The van der Waals surface area contributed by atoms with Crippen molar-refractivity contribution in [3.63, 3.8) is 0 Å². The van der Waals surface area contributed by atoms with Crippen LogP contribution in [0.25, 0.3) is 0 Å². The zero-order valence-corrected chi connectivity index (χ0v) is 10.4. The van der Waals surface area contributed by atoms with Crippen LogP contribution in [0.15, 0.2) is 23.1 Å². The first-order valence-electron chi connectivity index (χ1n) is 5.32. The predicted octanol–water partition coefficient (Wildman–Crippen LogP) is 3.59. The lowest BCUT2D eigenvalue weighted by Gasteiger charge is -2.06. The minimum atomic E-state index is -0.360. The molecule has 0 atom stereocenters. The molecule has 0 aromatic heterocycles. The number of carbonyl (C=O) groups excluding carboxylic acids is 1. The van der Waals surface area contributed by atoms with E-state index in [0.29, 0.717) is 22.1 Å². The van der Waals surface area contributed by atoms with Gasteiger partial charge in [0, 0.05) is 4.90 Å². The lowest BCUT2D eigenvalue weighted by molar-refractivity contribution is 0.0495. The number of thiol groups is 1. The minimum Gasteiger partial charge on any atom is -0.462 e. The van der Waals surface area contributed by atoms with Crippen molar-refractivity contribution in [1.82, 2.24) is 0 Å². The van der Waals surface area contributed by atoms with Crippen molar-refractivity contribution in [2.75, 3.05) is 6.61 Å². The Hall–Kier alpha value is -0.670. The molecule has 0 amide bonds. The number of hydrogen-bond donors (Lipinski definition) is 1. The third-order valence-electron chi connectivity index (χ3n) is 2.63. The molecule has 0 unspecified atom stereocenters. The highest BCUT2D eigenvalue weighted by Gasteiger charge is 2.21. The Kier molecular flexibility index (Phi) is 3.77. The van der Waals surface area contributed by atoms with Gasteiger partial charge in [-0.15, -0.1) is 12.6 Å². The van der Waals surface area contributed by atoms with Crippen LogP contribution in [-0.2, 0) is 4.74 Å². The Labute approximate surface area is 105 Å². The second-order valence-corrected chi connectivity index (χ2v) is 4.96. The molecule has 0 radical (unpaired) electrons. The average Bonchev–Trinajstić information content (AvgIpc) is 3.05. The number of hydrogen-bond acceptors (Lipinski definition) is 3. The molecule has 1 aliphatic carbocycles. The third-order valence-corrected chi connectivity index (χ3v) is 3.23. The highest BCUT2D eigenvalue weighted by molar-refractivity contribution is 7.80. The van der Waals surface area contributed by atoms with Crippen LogP contribution in [0.5, 0.6) is 0 Å².